The van der Waals surface area contributed by atoms with Crippen LogP contribution in [0, 0.1) is 0 Å². The van der Waals surface area contributed by atoms with E-state index in [0.717, 1.165) is 40.2 Å². The molecular formula is C23H19F3N4O2S2. The Bertz CT molecular complexity index is 1260. The summed E-state index contributed by atoms with van der Waals surface area (Å²) in [7, 11) is 0. The van der Waals surface area contributed by atoms with Crippen molar-refractivity contribution >= 4 is 34.7 Å². The lowest BCUT2D eigenvalue weighted by Crippen LogP contribution is -2.15. The van der Waals surface area contributed by atoms with Crippen LogP contribution in [0.1, 0.15) is 12.5 Å². The largest absolute Gasteiger partial charge is 0.494 e. The van der Waals surface area contributed by atoms with Gasteiger partial charge >= 0.3 is 6.18 Å². The van der Waals surface area contributed by atoms with Crippen molar-refractivity contribution in [2.45, 2.75) is 18.3 Å². The molecule has 0 radical (unpaired) electrons. The summed E-state index contributed by atoms with van der Waals surface area (Å²) in [5.74, 6) is 0.838. The van der Waals surface area contributed by atoms with Crippen molar-refractivity contribution in [3.63, 3.8) is 0 Å². The number of nitrogens with one attached hydrogen (secondary N) is 1. The number of benzene rings is 2. The van der Waals surface area contributed by atoms with E-state index in [4.69, 9.17) is 4.74 Å². The van der Waals surface area contributed by atoms with Gasteiger partial charge in [-0.15, -0.1) is 21.5 Å². The summed E-state index contributed by atoms with van der Waals surface area (Å²) in [6, 6.07) is 15.8. The molecule has 0 saturated heterocycles. The minimum atomic E-state index is -4.48. The molecule has 1 amide bonds. The van der Waals surface area contributed by atoms with E-state index in [1.165, 1.54) is 23.5 Å². The van der Waals surface area contributed by atoms with E-state index in [0.29, 0.717) is 17.6 Å². The Morgan fingerprint density at radius 1 is 1.12 bits per heavy atom. The van der Waals surface area contributed by atoms with E-state index in [9.17, 15) is 18.0 Å². The number of thioether (sulfide) groups is 1. The molecule has 0 spiro atoms. The highest BCUT2D eigenvalue weighted by molar-refractivity contribution is 7.99. The molecule has 2 aromatic heterocycles. The minimum absolute atomic E-state index is 0.0597. The van der Waals surface area contributed by atoms with Crippen molar-refractivity contribution in [2.75, 3.05) is 17.7 Å². The first-order chi connectivity index (χ1) is 16.3. The first kappa shape index (κ1) is 23.8. The number of alkyl halides is 3. The molecule has 2 aromatic carbocycles. The van der Waals surface area contributed by atoms with E-state index in [1.54, 1.807) is 0 Å². The maximum atomic E-state index is 12.9. The molecule has 4 aromatic rings. The fraction of sp³-hybridized carbons (Fsp3) is 0.174. The zero-order chi connectivity index (χ0) is 24.1. The highest BCUT2D eigenvalue weighted by Crippen LogP contribution is 2.32. The average Bonchev–Trinajstić information content (AvgIpc) is 3.48. The Labute approximate surface area is 201 Å². The summed E-state index contributed by atoms with van der Waals surface area (Å²) in [6.07, 6.45) is -4.48. The lowest BCUT2D eigenvalue weighted by molar-refractivity contribution is -0.137. The van der Waals surface area contributed by atoms with Crippen LogP contribution in [0.25, 0.3) is 16.4 Å². The standard InChI is InChI=1S/C23H19F3N4O2S2/c1-2-32-18-10-8-17(9-11-18)30-21(19-7-4-12-33-19)28-29-22(30)34-14-20(31)27-16-6-3-5-15(13-16)23(24,25)26/h3-13H,2,14H2,1H3,(H,27,31). The number of carbonyl (C=O) groups excluding carboxylic acids is 1. The SMILES string of the molecule is CCOc1ccc(-n2c(SCC(=O)Nc3cccc(C(F)(F)F)c3)nnc2-c2cccs2)cc1. The number of rotatable bonds is 8. The molecular weight excluding hydrogens is 485 g/mol. The Kier molecular flexibility index (Phi) is 7.23. The number of ether oxygens (including phenoxy) is 1. The highest BCUT2D eigenvalue weighted by Gasteiger charge is 2.30. The van der Waals surface area contributed by atoms with Gasteiger partial charge in [-0.3, -0.25) is 9.36 Å². The van der Waals surface area contributed by atoms with Crippen LogP contribution in [0.5, 0.6) is 5.75 Å². The van der Waals surface area contributed by atoms with E-state index in [-0.39, 0.29) is 11.4 Å². The van der Waals surface area contributed by atoms with Crippen LogP contribution >= 0.6 is 23.1 Å². The number of hydrogen-bond acceptors (Lipinski definition) is 6. The Morgan fingerprint density at radius 3 is 2.59 bits per heavy atom. The van der Waals surface area contributed by atoms with Crippen LogP contribution in [-0.2, 0) is 11.0 Å². The first-order valence-corrected chi connectivity index (χ1v) is 12.0. The number of halogens is 3. The molecule has 2 heterocycles. The molecule has 0 aliphatic heterocycles. The van der Waals surface area contributed by atoms with Crippen molar-refractivity contribution < 1.29 is 22.7 Å². The van der Waals surface area contributed by atoms with Gasteiger partial charge in [0.05, 0.1) is 28.5 Å². The smallest absolute Gasteiger partial charge is 0.416 e. The fourth-order valence-corrected chi connectivity index (χ4v) is 4.57. The second-order valence-electron chi connectivity index (χ2n) is 6.96. The van der Waals surface area contributed by atoms with Gasteiger partial charge in [0, 0.05) is 5.69 Å². The van der Waals surface area contributed by atoms with E-state index < -0.39 is 17.6 Å². The van der Waals surface area contributed by atoms with Gasteiger partial charge in [-0.25, -0.2) is 0 Å². The number of carbonyl (C=O) groups is 1. The predicted octanol–water partition coefficient (Wildman–Crippen LogP) is 6.14. The van der Waals surface area contributed by atoms with E-state index in [2.05, 4.69) is 15.5 Å². The quantitative estimate of drug-likeness (QED) is 0.292. The number of hydrogen-bond donors (Lipinski definition) is 1. The average molecular weight is 505 g/mol. The predicted molar refractivity (Wildman–Crippen MR) is 127 cm³/mol. The number of amides is 1. The monoisotopic (exact) mass is 504 g/mol. The van der Waals surface area contributed by atoms with Crippen LogP contribution in [-0.4, -0.2) is 33.0 Å². The zero-order valence-electron chi connectivity index (χ0n) is 17.9. The van der Waals surface area contributed by atoms with Gasteiger partial charge in [-0.05, 0) is 60.8 Å². The third-order valence-electron chi connectivity index (χ3n) is 4.59. The van der Waals surface area contributed by atoms with Crippen LogP contribution in [0.4, 0.5) is 18.9 Å². The molecule has 34 heavy (non-hydrogen) atoms. The summed E-state index contributed by atoms with van der Waals surface area (Å²) in [4.78, 5) is 13.4. The number of thiophene rings is 1. The number of nitrogens with zero attached hydrogens (tertiary/aromatic N) is 3. The third kappa shape index (κ3) is 5.60. The maximum absolute atomic E-state index is 12.9. The molecule has 0 saturated carbocycles. The van der Waals surface area contributed by atoms with Gasteiger partial charge in [0.25, 0.3) is 0 Å². The molecule has 0 fully saturated rings. The molecule has 0 aliphatic carbocycles. The Balaban J connectivity index is 1.53. The van der Waals surface area contributed by atoms with Crippen molar-refractivity contribution in [1.82, 2.24) is 14.8 Å². The molecule has 4 rings (SSSR count). The molecule has 6 nitrogen and oxygen atoms in total. The summed E-state index contributed by atoms with van der Waals surface area (Å²) in [5.41, 5.74) is 0.0408. The molecule has 11 heteroatoms. The lowest BCUT2D eigenvalue weighted by Gasteiger charge is -2.11. The van der Waals surface area contributed by atoms with E-state index in [1.807, 2.05) is 53.3 Å². The Morgan fingerprint density at radius 2 is 1.91 bits per heavy atom. The highest BCUT2D eigenvalue weighted by atomic mass is 32.2. The normalized spacial score (nSPS) is 11.4. The van der Waals surface area contributed by atoms with Gasteiger partial charge in [0.2, 0.25) is 5.91 Å². The van der Waals surface area contributed by atoms with Crippen molar-refractivity contribution in [1.29, 1.82) is 0 Å². The Hall–Kier alpha value is -3.31. The molecule has 0 bridgehead atoms. The second kappa shape index (κ2) is 10.3. The topological polar surface area (TPSA) is 69.0 Å². The van der Waals surface area contributed by atoms with Crippen LogP contribution in [0.3, 0.4) is 0 Å². The molecule has 0 unspecified atom stereocenters. The number of aromatic nitrogens is 3. The molecule has 176 valence electrons. The molecule has 0 atom stereocenters. The minimum Gasteiger partial charge on any atom is -0.494 e. The maximum Gasteiger partial charge on any atom is 0.416 e. The van der Waals surface area contributed by atoms with Crippen molar-refractivity contribution in [3.8, 4) is 22.1 Å². The van der Waals surface area contributed by atoms with Gasteiger partial charge in [0.15, 0.2) is 11.0 Å². The van der Waals surface area contributed by atoms with Gasteiger partial charge in [-0.1, -0.05) is 23.9 Å². The van der Waals surface area contributed by atoms with Crippen LogP contribution in [0.2, 0.25) is 0 Å². The fourth-order valence-electron chi connectivity index (χ4n) is 3.12. The third-order valence-corrected chi connectivity index (χ3v) is 6.38. The second-order valence-corrected chi connectivity index (χ2v) is 8.85. The first-order valence-electron chi connectivity index (χ1n) is 10.2. The van der Waals surface area contributed by atoms with Crippen LogP contribution < -0.4 is 10.1 Å². The summed E-state index contributed by atoms with van der Waals surface area (Å²) < 4.78 is 46.1. The van der Waals surface area contributed by atoms with Crippen molar-refractivity contribution in [3.05, 3.63) is 71.6 Å². The summed E-state index contributed by atoms with van der Waals surface area (Å²) >= 11 is 2.65. The van der Waals surface area contributed by atoms with E-state index >= 15 is 0 Å². The van der Waals surface area contributed by atoms with Crippen LogP contribution in [0.15, 0.2) is 71.2 Å². The van der Waals surface area contributed by atoms with Gasteiger partial charge < -0.3 is 10.1 Å². The molecule has 0 aliphatic rings. The van der Waals surface area contributed by atoms with Crippen molar-refractivity contribution in [2.24, 2.45) is 0 Å². The van der Waals surface area contributed by atoms with Gasteiger partial charge in [0.1, 0.15) is 5.75 Å². The van der Waals surface area contributed by atoms with Gasteiger partial charge in [-0.2, -0.15) is 13.2 Å². The summed E-state index contributed by atoms with van der Waals surface area (Å²) in [6.45, 7) is 2.45. The molecule has 1 N–H and O–H groups in total. The zero-order valence-corrected chi connectivity index (χ0v) is 19.5. The lowest BCUT2D eigenvalue weighted by atomic mass is 10.2. The number of anilines is 1. The summed E-state index contributed by atoms with van der Waals surface area (Å²) in [5, 5.41) is 13.5.